The zero-order chi connectivity index (χ0) is 20.7. The monoisotopic (exact) mass is 388 g/mol. The van der Waals surface area contributed by atoms with E-state index < -0.39 is 11.8 Å². The highest BCUT2D eigenvalue weighted by atomic mass is 16.5. The first-order valence-corrected chi connectivity index (χ1v) is 8.49. The van der Waals surface area contributed by atoms with E-state index in [0.717, 1.165) is 11.1 Å². The number of rotatable bonds is 7. The smallest absolute Gasteiger partial charge is 0.276 e. The molecule has 0 bridgehead atoms. The summed E-state index contributed by atoms with van der Waals surface area (Å²) >= 11 is 0. The zero-order valence-electron chi connectivity index (χ0n) is 16.5. The molecule has 2 amide bonds. The molecular formula is C20H24N2O6. The second kappa shape index (κ2) is 9.50. The van der Waals surface area contributed by atoms with Crippen molar-refractivity contribution in [2.75, 3.05) is 27.9 Å². The van der Waals surface area contributed by atoms with E-state index in [1.54, 1.807) is 6.07 Å². The molecule has 0 aliphatic rings. The van der Waals surface area contributed by atoms with E-state index in [9.17, 15) is 9.59 Å². The third-order valence-corrected chi connectivity index (χ3v) is 4.16. The van der Waals surface area contributed by atoms with Crippen LogP contribution in [0.25, 0.3) is 0 Å². The Morgan fingerprint density at radius 3 is 2.11 bits per heavy atom. The van der Waals surface area contributed by atoms with Crippen molar-refractivity contribution in [3.8, 4) is 23.0 Å². The van der Waals surface area contributed by atoms with Gasteiger partial charge in [-0.3, -0.25) is 20.4 Å². The molecule has 0 radical (unpaired) electrons. The largest absolute Gasteiger partial charge is 0.493 e. The average Bonchev–Trinajstić information content (AvgIpc) is 2.71. The van der Waals surface area contributed by atoms with Crippen molar-refractivity contribution < 1.29 is 28.5 Å². The Labute approximate surface area is 163 Å². The van der Waals surface area contributed by atoms with E-state index in [4.69, 9.17) is 18.9 Å². The Hall–Kier alpha value is -3.42. The summed E-state index contributed by atoms with van der Waals surface area (Å²) in [6.45, 7) is 3.63. The summed E-state index contributed by atoms with van der Waals surface area (Å²) in [4.78, 5) is 24.3. The molecule has 8 nitrogen and oxygen atoms in total. The highest BCUT2D eigenvalue weighted by molar-refractivity contribution is 5.96. The molecule has 0 fully saturated rings. The third kappa shape index (κ3) is 4.85. The number of hydrazine groups is 1. The number of ether oxygens (including phenoxy) is 4. The highest BCUT2D eigenvalue weighted by Gasteiger charge is 2.17. The second-order valence-corrected chi connectivity index (χ2v) is 5.90. The minimum Gasteiger partial charge on any atom is -0.493 e. The minimum atomic E-state index is -0.542. The number of benzene rings is 2. The van der Waals surface area contributed by atoms with Crippen molar-refractivity contribution in [2.45, 2.75) is 13.8 Å². The first-order chi connectivity index (χ1) is 13.4. The van der Waals surface area contributed by atoms with E-state index in [1.807, 2.05) is 26.0 Å². The molecule has 150 valence electrons. The van der Waals surface area contributed by atoms with Gasteiger partial charge in [0.1, 0.15) is 5.75 Å². The van der Waals surface area contributed by atoms with Crippen LogP contribution in [0, 0.1) is 13.8 Å². The standard InChI is InChI=1S/C20H24N2O6/c1-12-7-6-8-15(13(12)2)28-11-18(23)21-22-20(24)14-9-16(25-3)19(27-5)17(10-14)26-4/h6-10H,11H2,1-5H3,(H,21,23)(H,22,24). The molecule has 0 atom stereocenters. The minimum absolute atomic E-state index is 0.227. The molecule has 0 spiro atoms. The summed E-state index contributed by atoms with van der Waals surface area (Å²) in [5.74, 6) is 0.604. The van der Waals surface area contributed by atoms with Crippen molar-refractivity contribution in [3.63, 3.8) is 0 Å². The first-order valence-electron chi connectivity index (χ1n) is 8.49. The van der Waals surface area contributed by atoms with E-state index in [0.29, 0.717) is 23.0 Å². The maximum absolute atomic E-state index is 12.3. The van der Waals surface area contributed by atoms with Crippen molar-refractivity contribution >= 4 is 11.8 Å². The Morgan fingerprint density at radius 1 is 0.893 bits per heavy atom. The van der Waals surface area contributed by atoms with Gasteiger partial charge in [0, 0.05) is 5.56 Å². The van der Waals surface area contributed by atoms with Gasteiger partial charge in [0.15, 0.2) is 18.1 Å². The maximum Gasteiger partial charge on any atom is 0.276 e. The van der Waals surface area contributed by atoms with Crippen molar-refractivity contribution in [3.05, 3.63) is 47.0 Å². The molecule has 0 saturated carbocycles. The van der Waals surface area contributed by atoms with Crippen LogP contribution in [0.5, 0.6) is 23.0 Å². The number of methoxy groups -OCH3 is 3. The van der Waals surface area contributed by atoms with Gasteiger partial charge in [0.05, 0.1) is 21.3 Å². The summed E-state index contributed by atoms with van der Waals surface area (Å²) in [6, 6.07) is 8.55. The Balaban J connectivity index is 1.98. The fourth-order valence-corrected chi connectivity index (χ4v) is 2.47. The third-order valence-electron chi connectivity index (χ3n) is 4.16. The number of carbonyl (C=O) groups is 2. The number of amides is 2. The molecule has 0 saturated heterocycles. The Morgan fingerprint density at radius 2 is 1.54 bits per heavy atom. The van der Waals surface area contributed by atoms with Crippen LogP contribution in [-0.2, 0) is 4.79 Å². The lowest BCUT2D eigenvalue weighted by Gasteiger charge is -2.14. The summed E-state index contributed by atoms with van der Waals surface area (Å²) in [6.07, 6.45) is 0. The normalized spacial score (nSPS) is 10.0. The average molecular weight is 388 g/mol. The van der Waals surface area contributed by atoms with Crippen LogP contribution < -0.4 is 29.8 Å². The first kappa shape index (κ1) is 20.9. The van der Waals surface area contributed by atoms with Crippen molar-refractivity contribution in [1.82, 2.24) is 10.9 Å². The molecule has 0 aliphatic heterocycles. The van der Waals surface area contributed by atoms with Gasteiger partial charge < -0.3 is 18.9 Å². The van der Waals surface area contributed by atoms with Gasteiger partial charge in [-0.2, -0.15) is 0 Å². The fraction of sp³-hybridized carbons (Fsp3) is 0.300. The molecule has 0 aliphatic carbocycles. The molecule has 0 heterocycles. The van der Waals surface area contributed by atoms with Gasteiger partial charge in [-0.1, -0.05) is 12.1 Å². The van der Waals surface area contributed by atoms with Crippen molar-refractivity contribution in [2.24, 2.45) is 0 Å². The van der Waals surface area contributed by atoms with E-state index in [-0.39, 0.29) is 12.2 Å². The topological polar surface area (TPSA) is 95.1 Å². The number of nitrogens with one attached hydrogen (secondary N) is 2. The van der Waals surface area contributed by atoms with Gasteiger partial charge in [0.25, 0.3) is 11.8 Å². The van der Waals surface area contributed by atoms with Crippen LogP contribution >= 0.6 is 0 Å². The molecule has 8 heteroatoms. The lowest BCUT2D eigenvalue weighted by atomic mass is 10.1. The molecule has 2 rings (SSSR count). The van der Waals surface area contributed by atoms with Crippen LogP contribution in [0.2, 0.25) is 0 Å². The summed E-state index contributed by atoms with van der Waals surface area (Å²) in [5, 5.41) is 0. The van der Waals surface area contributed by atoms with E-state index in [2.05, 4.69) is 10.9 Å². The van der Waals surface area contributed by atoms with E-state index >= 15 is 0 Å². The summed E-state index contributed by atoms with van der Waals surface area (Å²) in [5.41, 5.74) is 6.89. The predicted octanol–water partition coefficient (Wildman–Crippen LogP) is 2.17. The van der Waals surface area contributed by atoms with Gasteiger partial charge >= 0.3 is 0 Å². The van der Waals surface area contributed by atoms with Gasteiger partial charge in [0.2, 0.25) is 5.75 Å². The van der Waals surface area contributed by atoms with Crippen LogP contribution in [0.4, 0.5) is 0 Å². The quantitative estimate of drug-likeness (QED) is 0.706. The molecule has 0 unspecified atom stereocenters. The van der Waals surface area contributed by atoms with Crippen LogP contribution in [0.15, 0.2) is 30.3 Å². The van der Waals surface area contributed by atoms with Gasteiger partial charge in [-0.15, -0.1) is 0 Å². The molecule has 2 aromatic carbocycles. The number of hydrogen-bond acceptors (Lipinski definition) is 6. The molecule has 28 heavy (non-hydrogen) atoms. The Kier molecular flexibility index (Phi) is 7.08. The maximum atomic E-state index is 12.3. The highest BCUT2D eigenvalue weighted by Crippen LogP contribution is 2.38. The van der Waals surface area contributed by atoms with Gasteiger partial charge in [-0.25, -0.2) is 0 Å². The molecule has 0 aromatic heterocycles. The lowest BCUT2D eigenvalue weighted by molar-refractivity contribution is -0.123. The number of aryl methyl sites for hydroxylation is 1. The predicted molar refractivity (Wildman–Crippen MR) is 103 cm³/mol. The summed E-state index contributed by atoms with van der Waals surface area (Å²) in [7, 11) is 4.37. The van der Waals surface area contributed by atoms with Gasteiger partial charge in [-0.05, 0) is 43.2 Å². The lowest BCUT2D eigenvalue weighted by Crippen LogP contribution is -2.43. The Bertz CT molecular complexity index is 841. The van der Waals surface area contributed by atoms with Crippen LogP contribution in [0.1, 0.15) is 21.5 Å². The molecule has 2 aromatic rings. The number of carbonyl (C=O) groups excluding carboxylic acids is 2. The van der Waals surface area contributed by atoms with E-state index in [1.165, 1.54) is 33.5 Å². The molecular weight excluding hydrogens is 364 g/mol. The zero-order valence-corrected chi connectivity index (χ0v) is 16.5. The number of hydrogen-bond donors (Lipinski definition) is 2. The SMILES string of the molecule is COc1cc(C(=O)NNC(=O)COc2cccc(C)c2C)cc(OC)c1OC. The van der Waals surface area contributed by atoms with Crippen molar-refractivity contribution in [1.29, 1.82) is 0 Å². The second-order valence-electron chi connectivity index (χ2n) is 5.90. The fourth-order valence-electron chi connectivity index (χ4n) is 2.47. The van der Waals surface area contributed by atoms with Crippen LogP contribution in [-0.4, -0.2) is 39.8 Å². The van der Waals surface area contributed by atoms with Crippen LogP contribution in [0.3, 0.4) is 0 Å². The summed E-state index contributed by atoms with van der Waals surface area (Å²) < 4.78 is 21.1. The molecule has 2 N–H and O–H groups in total.